The zero-order chi connectivity index (χ0) is 13.6. The van der Waals surface area contributed by atoms with Gasteiger partial charge in [0.1, 0.15) is 0 Å². The Bertz CT molecular complexity index is 299. The zero-order valence-electron chi connectivity index (χ0n) is 11.2. The highest BCUT2D eigenvalue weighted by Gasteiger charge is 2.40. The summed E-state index contributed by atoms with van der Waals surface area (Å²) in [6, 6.07) is 0. The molecule has 3 N–H and O–H groups in total. The molecule has 1 aliphatic rings. The van der Waals surface area contributed by atoms with Crippen molar-refractivity contribution in [2.75, 3.05) is 13.6 Å². The fourth-order valence-electron chi connectivity index (χ4n) is 2.81. The summed E-state index contributed by atoms with van der Waals surface area (Å²) in [4.78, 5) is 24.8. The summed E-state index contributed by atoms with van der Waals surface area (Å²) in [5.41, 5.74) is 4.93. The van der Waals surface area contributed by atoms with Crippen LogP contribution in [0.5, 0.6) is 0 Å². The second-order valence-corrected chi connectivity index (χ2v) is 5.20. The summed E-state index contributed by atoms with van der Waals surface area (Å²) in [5.74, 6) is -0.807. The number of aliphatic carboxylic acids is 1. The number of rotatable bonds is 6. The third-order valence-corrected chi connectivity index (χ3v) is 3.94. The number of hydrogen-bond donors (Lipinski definition) is 2. The molecule has 0 aromatic heterocycles. The molecule has 5 nitrogen and oxygen atoms in total. The van der Waals surface area contributed by atoms with Crippen molar-refractivity contribution in [2.45, 2.75) is 56.9 Å². The molecule has 0 saturated heterocycles. The average Bonchev–Trinajstić information content (AvgIpc) is 2.35. The molecule has 1 fully saturated rings. The molecule has 0 radical (unpaired) electrons. The molecule has 5 heteroatoms. The molecule has 0 atom stereocenters. The van der Waals surface area contributed by atoms with Gasteiger partial charge in [0.25, 0.3) is 0 Å². The Kier molecular flexibility index (Phi) is 5.59. The third kappa shape index (κ3) is 3.70. The lowest BCUT2D eigenvalue weighted by Crippen LogP contribution is -2.52. The van der Waals surface area contributed by atoms with Gasteiger partial charge < -0.3 is 15.7 Å². The van der Waals surface area contributed by atoms with Gasteiger partial charge >= 0.3 is 5.97 Å². The van der Waals surface area contributed by atoms with Gasteiger partial charge in [0, 0.05) is 13.5 Å². The van der Waals surface area contributed by atoms with Gasteiger partial charge in [0.15, 0.2) is 0 Å². The lowest BCUT2D eigenvalue weighted by Gasteiger charge is -2.44. The van der Waals surface area contributed by atoms with Crippen LogP contribution in [0.1, 0.15) is 51.4 Å². The lowest BCUT2D eigenvalue weighted by atomic mass is 9.78. The van der Waals surface area contributed by atoms with Gasteiger partial charge in [-0.3, -0.25) is 9.59 Å². The molecule has 1 amide bonds. The second kappa shape index (κ2) is 6.73. The van der Waals surface area contributed by atoms with E-state index in [1.165, 1.54) is 0 Å². The van der Waals surface area contributed by atoms with Crippen molar-refractivity contribution in [2.24, 2.45) is 5.73 Å². The van der Waals surface area contributed by atoms with Crippen LogP contribution in [0, 0.1) is 0 Å². The number of nitrogens with zero attached hydrogens (tertiary/aromatic N) is 1. The number of carbonyl (C=O) groups is 2. The van der Waals surface area contributed by atoms with Crippen molar-refractivity contribution in [3.63, 3.8) is 0 Å². The van der Waals surface area contributed by atoms with Gasteiger partial charge in [-0.2, -0.15) is 0 Å². The monoisotopic (exact) mass is 256 g/mol. The first kappa shape index (κ1) is 15.0. The average molecular weight is 256 g/mol. The Morgan fingerprint density at radius 2 is 1.89 bits per heavy atom. The van der Waals surface area contributed by atoms with Crippen molar-refractivity contribution in [1.82, 2.24) is 4.90 Å². The van der Waals surface area contributed by atoms with Gasteiger partial charge in [0.2, 0.25) is 5.91 Å². The SMILES string of the molecule is CN(C(=O)CCCN)C1(CC(=O)O)CCCCC1. The van der Waals surface area contributed by atoms with E-state index in [4.69, 9.17) is 10.8 Å². The predicted molar refractivity (Wildman–Crippen MR) is 69.1 cm³/mol. The maximum Gasteiger partial charge on any atom is 0.305 e. The summed E-state index contributed by atoms with van der Waals surface area (Å²) in [5, 5.41) is 9.08. The molecule has 104 valence electrons. The van der Waals surface area contributed by atoms with Crippen LogP contribution in [0.15, 0.2) is 0 Å². The van der Waals surface area contributed by atoms with E-state index in [-0.39, 0.29) is 12.3 Å². The van der Waals surface area contributed by atoms with E-state index in [0.717, 1.165) is 32.1 Å². The van der Waals surface area contributed by atoms with Crippen LogP contribution in [0.4, 0.5) is 0 Å². The van der Waals surface area contributed by atoms with Gasteiger partial charge in [-0.15, -0.1) is 0 Å². The first-order chi connectivity index (χ1) is 8.52. The largest absolute Gasteiger partial charge is 0.481 e. The molecule has 0 aromatic rings. The Morgan fingerprint density at radius 1 is 1.28 bits per heavy atom. The van der Waals surface area contributed by atoms with Crippen LogP contribution in [0.25, 0.3) is 0 Å². The van der Waals surface area contributed by atoms with Crippen LogP contribution < -0.4 is 5.73 Å². The second-order valence-electron chi connectivity index (χ2n) is 5.20. The zero-order valence-corrected chi connectivity index (χ0v) is 11.2. The Balaban J connectivity index is 2.74. The Morgan fingerprint density at radius 3 is 2.39 bits per heavy atom. The predicted octanol–water partition coefficient (Wildman–Crippen LogP) is 1.36. The van der Waals surface area contributed by atoms with Crippen LogP contribution in [-0.2, 0) is 9.59 Å². The minimum atomic E-state index is -0.824. The molecule has 0 bridgehead atoms. The molecule has 0 unspecified atom stereocenters. The molecule has 0 heterocycles. The number of carboxylic acids is 1. The third-order valence-electron chi connectivity index (χ3n) is 3.94. The number of amides is 1. The topological polar surface area (TPSA) is 83.6 Å². The minimum absolute atomic E-state index is 0.0172. The number of hydrogen-bond acceptors (Lipinski definition) is 3. The molecular formula is C13H24N2O3. The number of nitrogens with two attached hydrogens (primary N) is 1. The van der Waals surface area contributed by atoms with E-state index in [9.17, 15) is 9.59 Å². The molecule has 1 rings (SSSR count). The normalized spacial score (nSPS) is 18.3. The van der Waals surface area contributed by atoms with Crippen LogP contribution in [0.2, 0.25) is 0 Å². The number of carboxylic acid groups (broad SMARTS) is 1. The highest BCUT2D eigenvalue weighted by Crippen LogP contribution is 2.36. The summed E-state index contributed by atoms with van der Waals surface area (Å²) in [7, 11) is 1.74. The fourth-order valence-corrected chi connectivity index (χ4v) is 2.81. The van der Waals surface area contributed by atoms with Crippen LogP contribution in [-0.4, -0.2) is 41.0 Å². The van der Waals surface area contributed by atoms with Crippen molar-refractivity contribution in [3.8, 4) is 0 Å². The van der Waals surface area contributed by atoms with Crippen LogP contribution in [0.3, 0.4) is 0 Å². The summed E-state index contributed by atoms with van der Waals surface area (Å²) < 4.78 is 0. The lowest BCUT2D eigenvalue weighted by molar-refractivity contribution is -0.145. The van der Waals surface area contributed by atoms with Crippen LogP contribution >= 0.6 is 0 Å². The van der Waals surface area contributed by atoms with Crippen molar-refractivity contribution >= 4 is 11.9 Å². The highest BCUT2D eigenvalue weighted by molar-refractivity contribution is 5.78. The van der Waals surface area contributed by atoms with E-state index in [1.807, 2.05) is 0 Å². The van der Waals surface area contributed by atoms with Crippen molar-refractivity contribution in [3.05, 3.63) is 0 Å². The molecule has 0 aromatic carbocycles. The molecule has 1 saturated carbocycles. The summed E-state index contributed by atoms with van der Waals surface area (Å²) in [6.07, 6.45) is 5.85. The van der Waals surface area contributed by atoms with E-state index < -0.39 is 11.5 Å². The van der Waals surface area contributed by atoms with Gasteiger partial charge in [0.05, 0.1) is 12.0 Å². The first-order valence-corrected chi connectivity index (χ1v) is 6.70. The number of carbonyl (C=O) groups excluding carboxylic acids is 1. The molecule has 0 spiro atoms. The summed E-state index contributed by atoms with van der Waals surface area (Å²) in [6.45, 7) is 0.492. The van der Waals surface area contributed by atoms with E-state index in [2.05, 4.69) is 0 Å². The van der Waals surface area contributed by atoms with E-state index in [0.29, 0.717) is 19.4 Å². The maximum absolute atomic E-state index is 12.1. The minimum Gasteiger partial charge on any atom is -0.481 e. The quantitative estimate of drug-likeness (QED) is 0.751. The standard InChI is InChI=1S/C13H24N2O3/c1-15(11(16)6-5-9-14)13(10-12(17)18)7-3-2-4-8-13/h2-10,14H2,1H3,(H,17,18). The molecule has 18 heavy (non-hydrogen) atoms. The van der Waals surface area contributed by atoms with Gasteiger partial charge in [-0.1, -0.05) is 19.3 Å². The molecule has 0 aliphatic heterocycles. The highest BCUT2D eigenvalue weighted by atomic mass is 16.4. The van der Waals surface area contributed by atoms with E-state index >= 15 is 0 Å². The Labute approximate surface area is 108 Å². The fraction of sp³-hybridized carbons (Fsp3) is 0.846. The van der Waals surface area contributed by atoms with Gasteiger partial charge in [-0.05, 0) is 25.8 Å². The smallest absolute Gasteiger partial charge is 0.305 e. The summed E-state index contributed by atoms with van der Waals surface area (Å²) >= 11 is 0. The van der Waals surface area contributed by atoms with E-state index in [1.54, 1.807) is 11.9 Å². The van der Waals surface area contributed by atoms with Crippen molar-refractivity contribution in [1.29, 1.82) is 0 Å². The molecular weight excluding hydrogens is 232 g/mol. The Hall–Kier alpha value is -1.10. The van der Waals surface area contributed by atoms with Crippen molar-refractivity contribution < 1.29 is 14.7 Å². The maximum atomic E-state index is 12.1. The first-order valence-electron chi connectivity index (χ1n) is 6.70. The van der Waals surface area contributed by atoms with Gasteiger partial charge in [-0.25, -0.2) is 0 Å². The molecule has 1 aliphatic carbocycles.